The molecule has 9 heteroatoms. The number of piperidine rings is 1. The average molecular weight is 374 g/mol. The van der Waals surface area contributed by atoms with Crippen molar-refractivity contribution in [2.75, 3.05) is 31.5 Å². The minimum absolute atomic E-state index is 0.317. The number of anilines is 1. The fraction of sp³-hybridized carbons (Fsp3) is 0.529. The smallest absolute Gasteiger partial charge is 0.290 e. The van der Waals surface area contributed by atoms with E-state index in [0.29, 0.717) is 28.6 Å². The van der Waals surface area contributed by atoms with Crippen molar-refractivity contribution in [2.45, 2.75) is 31.3 Å². The molecule has 0 saturated carbocycles. The summed E-state index contributed by atoms with van der Waals surface area (Å²) in [6.07, 6.45) is 6.80. The molecule has 4 heterocycles. The van der Waals surface area contributed by atoms with Crippen molar-refractivity contribution in [3.63, 3.8) is 0 Å². The highest BCUT2D eigenvalue weighted by Crippen LogP contribution is 2.25. The van der Waals surface area contributed by atoms with Gasteiger partial charge in [-0.1, -0.05) is 0 Å². The summed E-state index contributed by atoms with van der Waals surface area (Å²) in [5, 5.41) is 8.77. The predicted octanol–water partition coefficient (Wildman–Crippen LogP) is 1.04. The number of nitrogens with zero attached hydrogens (tertiary/aromatic N) is 3. The van der Waals surface area contributed by atoms with Crippen LogP contribution in [0.2, 0.25) is 0 Å². The van der Waals surface area contributed by atoms with Crippen molar-refractivity contribution >= 4 is 34.9 Å². The SMILES string of the molecule is O=C1NC(=O)/C(=C\c2ccnc(N[C@H]3CCCN(CC4CCN4)C3)n2)S1. The first-order valence-corrected chi connectivity index (χ1v) is 9.77. The van der Waals surface area contributed by atoms with E-state index in [9.17, 15) is 9.59 Å². The third kappa shape index (κ3) is 4.22. The van der Waals surface area contributed by atoms with Crippen molar-refractivity contribution in [1.82, 2.24) is 25.5 Å². The molecule has 8 nitrogen and oxygen atoms in total. The maximum atomic E-state index is 11.7. The summed E-state index contributed by atoms with van der Waals surface area (Å²) in [7, 11) is 0. The van der Waals surface area contributed by atoms with E-state index in [1.54, 1.807) is 18.3 Å². The van der Waals surface area contributed by atoms with Crippen LogP contribution in [-0.4, -0.2) is 64.3 Å². The Morgan fingerprint density at radius 2 is 2.27 bits per heavy atom. The molecular weight excluding hydrogens is 352 g/mol. The number of amides is 2. The zero-order valence-corrected chi connectivity index (χ0v) is 15.2. The van der Waals surface area contributed by atoms with Gasteiger partial charge in [-0.2, -0.15) is 0 Å². The topological polar surface area (TPSA) is 99.2 Å². The van der Waals surface area contributed by atoms with Gasteiger partial charge in [0.1, 0.15) is 0 Å². The molecule has 3 N–H and O–H groups in total. The standard InChI is InChI=1S/C17H22N6O2S/c24-15-14(26-17(25)22-15)8-11-3-6-19-16(20-11)21-13-2-1-7-23(10-13)9-12-4-5-18-12/h3,6,8,12-13,18H,1-2,4-5,7,9-10H2,(H,19,20,21)(H,22,24,25)/b14-8+/t12?,13-/m0/s1. The molecule has 3 aliphatic rings. The summed E-state index contributed by atoms with van der Waals surface area (Å²) in [6.45, 7) is 4.37. The molecule has 2 amide bonds. The van der Waals surface area contributed by atoms with Crippen LogP contribution in [0.15, 0.2) is 17.2 Å². The predicted molar refractivity (Wildman–Crippen MR) is 101 cm³/mol. The van der Waals surface area contributed by atoms with E-state index in [1.807, 2.05) is 0 Å². The molecule has 26 heavy (non-hydrogen) atoms. The second-order valence-electron chi connectivity index (χ2n) is 6.84. The maximum absolute atomic E-state index is 11.7. The quantitative estimate of drug-likeness (QED) is 0.658. The number of nitrogens with one attached hydrogen (secondary N) is 3. The fourth-order valence-electron chi connectivity index (χ4n) is 3.42. The van der Waals surface area contributed by atoms with Crippen molar-refractivity contribution in [2.24, 2.45) is 0 Å². The number of aromatic nitrogens is 2. The third-order valence-corrected chi connectivity index (χ3v) is 5.65. The molecule has 2 atom stereocenters. The van der Waals surface area contributed by atoms with Gasteiger partial charge in [0.15, 0.2) is 0 Å². The molecule has 0 spiro atoms. The summed E-state index contributed by atoms with van der Waals surface area (Å²) >= 11 is 0.892. The molecule has 1 aromatic rings. The van der Waals surface area contributed by atoms with Crippen molar-refractivity contribution < 1.29 is 9.59 Å². The Morgan fingerprint density at radius 1 is 1.38 bits per heavy atom. The fourth-order valence-corrected chi connectivity index (χ4v) is 4.08. The number of rotatable bonds is 5. The molecule has 1 unspecified atom stereocenters. The van der Waals surface area contributed by atoms with Gasteiger partial charge < -0.3 is 10.6 Å². The highest BCUT2D eigenvalue weighted by molar-refractivity contribution is 8.18. The van der Waals surface area contributed by atoms with E-state index in [2.05, 4.69) is 30.8 Å². The van der Waals surface area contributed by atoms with Gasteiger partial charge in [-0.25, -0.2) is 9.97 Å². The Hall–Kier alpha value is -1.97. The number of carbonyl (C=O) groups excluding carboxylic acids is 2. The van der Waals surface area contributed by atoms with Crippen LogP contribution in [0.5, 0.6) is 0 Å². The minimum Gasteiger partial charge on any atom is -0.350 e. The van der Waals surface area contributed by atoms with Gasteiger partial charge in [0, 0.05) is 31.4 Å². The monoisotopic (exact) mass is 374 g/mol. The lowest BCUT2D eigenvalue weighted by molar-refractivity contribution is -0.115. The summed E-state index contributed by atoms with van der Waals surface area (Å²) in [5.74, 6) is 0.184. The Balaban J connectivity index is 1.38. The van der Waals surface area contributed by atoms with E-state index < -0.39 is 0 Å². The molecule has 3 saturated heterocycles. The Morgan fingerprint density at radius 3 is 3.00 bits per heavy atom. The van der Waals surface area contributed by atoms with Crippen LogP contribution in [0, 0.1) is 0 Å². The van der Waals surface area contributed by atoms with Crippen molar-refractivity contribution in [3.05, 3.63) is 22.9 Å². The zero-order valence-electron chi connectivity index (χ0n) is 14.4. The second-order valence-corrected chi connectivity index (χ2v) is 7.85. The summed E-state index contributed by atoms with van der Waals surface area (Å²) < 4.78 is 0. The maximum Gasteiger partial charge on any atom is 0.290 e. The normalized spacial score (nSPS) is 28.1. The van der Waals surface area contributed by atoms with Crippen LogP contribution in [0.1, 0.15) is 25.0 Å². The summed E-state index contributed by atoms with van der Waals surface area (Å²) in [4.78, 5) is 34.5. The van der Waals surface area contributed by atoms with Crippen molar-refractivity contribution in [3.8, 4) is 0 Å². The van der Waals surface area contributed by atoms with Gasteiger partial charge >= 0.3 is 0 Å². The van der Waals surface area contributed by atoms with E-state index in [-0.39, 0.29) is 11.1 Å². The third-order valence-electron chi connectivity index (χ3n) is 4.84. The summed E-state index contributed by atoms with van der Waals surface area (Å²) in [6, 6.07) is 2.68. The summed E-state index contributed by atoms with van der Waals surface area (Å²) in [5.41, 5.74) is 0.612. The first-order valence-electron chi connectivity index (χ1n) is 8.96. The van der Waals surface area contributed by atoms with Crippen LogP contribution in [0.3, 0.4) is 0 Å². The molecule has 0 radical (unpaired) electrons. The van der Waals surface area contributed by atoms with Gasteiger partial charge in [-0.05, 0) is 56.3 Å². The number of thioether (sulfide) groups is 1. The minimum atomic E-state index is -0.374. The molecule has 3 aliphatic heterocycles. The average Bonchev–Trinajstić information content (AvgIpc) is 2.89. The van der Waals surface area contributed by atoms with Gasteiger partial charge in [0.05, 0.1) is 10.6 Å². The molecule has 138 valence electrons. The van der Waals surface area contributed by atoms with Gasteiger partial charge in [0.25, 0.3) is 11.1 Å². The first kappa shape index (κ1) is 17.4. The van der Waals surface area contributed by atoms with Crippen molar-refractivity contribution in [1.29, 1.82) is 0 Å². The number of imide groups is 1. The lowest BCUT2D eigenvalue weighted by Gasteiger charge is -2.38. The van der Waals surface area contributed by atoms with Crippen LogP contribution in [0.25, 0.3) is 6.08 Å². The van der Waals surface area contributed by atoms with E-state index in [4.69, 9.17) is 0 Å². The highest BCUT2D eigenvalue weighted by atomic mass is 32.2. The van der Waals surface area contributed by atoms with Crippen LogP contribution in [0.4, 0.5) is 10.7 Å². The molecule has 0 aromatic carbocycles. The molecule has 0 aliphatic carbocycles. The van der Waals surface area contributed by atoms with E-state index in [0.717, 1.165) is 50.8 Å². The van der Waals surface area contributed by atoms with Crippen LogP contribution >= 0.6 is 11.8 Å². The van der Waals surface area contributed by atoms with Gasteiger partial charge in [0.2, 0.25) is 5.95 Å². The zero-order chi connectivity index (χ0) is 17.9. The first-order chi connectivity index (χ1) is 12.7. The Labute approximate surface area is 156 Å². The lowest BCUT2D eigenvalue weighted by Crippen LogP contribution is -2.53. The molecule has 3 fully saturated rings. The second kappa shape index (κ2) is 7.73. The van der Waals surface area contributed by atoms with E-state index >= 15 is 0 Å². The van der Waals surface area contributed by atoms with Gasteiger partial charge in [-0.15, -0.1) is 0 Å². The molecule has 1 aromatic heterocycles. The molecule has 4 rings (SSSR count). The number of hydrogen-bond acceptors (Lipinski definition) is 8. The Kier molecular flexibility index (Phi) is 5.18. The van der Waals surface area contributed by atoms with Crippen LogP contribution < -0.4 is 16.0 Å². The largest absolute Gasteiger partial charge is 0.350 e. The molecular formula is C17H22N6O2S. The number of carbonyl (C=O) groups is 2. The van der Waals surface area contributed by atoms with Crippen LogP contribution in [-0.2, 0) is 4.79 Å². The molecule has 0 bridgehead atoms. The van der Waals surface area contributed by atoms with Gasteiger partial charge in [-0.3, -0.25) is 19.8 Å². The van der Waals surface area contributed by atoms with E-state index in [1.165, 1.54) is 6.42 Å². The number of hydrogen-bond donors (Lipinski definition) is 3. The lowest BCUT2D eigenvalue weighted by atomic mass is 10.0. The Bertz CT molecular complexity index is 736. The number of likely N-dealkylation sites (tertiary alicyclic amines) is 1. The highest BCUT2D eigenvalue weighted by Gasteiger charge is 2.26.